The molecule has 0 saturated heterocycles. The monoisotopic (exact) mass is 300 g/mol. The van der Waals surface area contributed by atoms with Gasteiger partial charge >= 0.3 is 0 Å². The van der Waals surface area contributed by atoms with Crippen molar-refractivity contribution in [3.8, 4) is 11.5 Å². The van der Waals surface area contributed by atoms with Gasteiger partial charge in [0.15, 0.2) is 11.5 Å². The van der Waals surface area contributed by atoms with Gasteiger partial charge in [-0.2, -0.15) is 5.10 Å². The Morgan fingerprint density at radius 1 is 1.14 bits per heavy atom. The van der Waals surface area contributed by atoms with Gasteiger partial charge in [-0.05, 0) is 43.3 Å². The van der Waals surface area contributed by atoms with E-state index in [0.717, 1.165) is 11.6 Å². The average molecular weight is 300 g/mol. The molecule has 1 N–H and O–H groups in total. The van der Waals surface area contributed by atoms with Gasteiger partial charge in [-0.1, -0.05) is 6.07 Å². The van der Waals surface area contributed by atoms with Crippen LogP contribution in [0, 0.1) is 5.82 Å². The summed E-state index contributed by atoms with van der Waals surface area (Å²) in [6.07, 6.45) is 0. The maximum atomic E-state index is 13.1. The van der Waals surface area contributed by atoms with Crippen LogP contribution in [0.15, 0.2) is 47.6 Å². The molecule has 0 spiro atoms. The van der Waals surface area contributed by atoms with Gasteiger partial charge < -0.3 is 9.47 Å². The van der Waals surface area contributed by atoms with Crippen molar-refractivity contribution in [3.05, 3.63) is 59.4 Å². The minimum absolute atomic E-state index is 0.200. The number of fused-ring (bicyclic) bond motifs is 1. The fraction of sp³-hybridized carbons (Fsp3) is 0.125. The van der Waals surface area contributed by atoms with Crippen molar-refractivity contribution in [1.29, 1.82) is 0 Å². The highest BCUT2D eigenvalue weighted by atomic mass is 19.1. The summed E-state index contributed by atoms with van der Waals surface area (Å²) in [4.78, 5) is 11.9. The van der Waals surface area contributed by atoms with E-state index in [9.17, 15) is 9.18 Å². The summed E-state index contributed by atoms with van der Waals surface area (Å²) in [5.41, 5.74) is 4.01. The first-order chi connectivity index (χ1) is 10.6. The Hall–Kier alpha value is -2.89. The number of rotatable bonds is 3. The molecule has 2 aromatic carbocycles. The van der Waals surface area contributed by atoms with E-state index in [-0.39, 0.29) is 12.4 Å². The minimum Gasteiger partial charge on any atom is -0.454 e. The lowest BCUT2D eigenvalue weighted by Gasteiger charge is -2.04. The van der Waals surface area contributed by atoms with Crippen molar-refractivity contribution >= 4 is 11.6 Å². The molecule has 0 aromatic heterocycles. The molecule has 2 aromatic rings. The quantitative estimate of drug-likeness (QED) is 0.700. The summed E-state index contributed by atoms with van der Waals surface area (Å²) in [5.74, 6) is 0.382. The summed E-state index contributed by atoms with van der Waals surface area (Å²) < 4.78 is 23.6. The molecular weight excluding hydrogens is 287 g/mol. The largest absolute Gasteiger partial charge is 0.454 e. The zero-order chi connectivity index (χ0) is 15.5. The van der Waals surface area contributed by atoms with E-state index < -0.39 is 11.7 Å². The third-order valence-electron chi connectivity index (χ3n) is 3.20. The lowest BCUT2D eigenvalue weighted by Crippen LogP contribution is -2.19. The van der Waals surface area contributed by atoms with Crippen molar-refractivity contribution in [3.63, 3.8) is 0 Å². The van der Waals surface area contributed by atoms with Gasteiger partial charge in [0.1, 0.15) is 5.82 Å². The Morgan fingerprint density at radius 2 is 1.95 bits per heavy atom. The topological polar surface area (TPSA) is 59.9 Å². The Bertz CT molecular complexity index is 759. The van der Waals surface area contributed by atoms with Gasteiger partial charge in [-0.15, -0.1) is 0 Å². The van der Waals surface area contributed by atoms with Crippen molar-refractivity contribution in [2.45, 2.75) is 6.92 Å². The number of ether oxygens (including phenoxy) is 2. The van der Waals surface area contributed by atoms with Crippen LogP contribution in [-0.4, -0.2) is 18.4 Å². The summed E-state index contributed by atoms with van der Waals surface area (Å²) >= 11 is 0. The van der Waals surface area contributed by atoms with Crippen LogP contribution in [0.4, 0.5) is 4.39 Å². The third kappa shape index (κ3) is 2.90. The Labute approximate surface area is 126 Å². The number of hydrazone groups is 1. The molecule has 1 aliphatic heterocycles. The Kier molecular flexibility index (Phi) is 3.74. The minimum atomic E-state index is -0.473. The normalized spacial score (nSPS) is 13.1. The average Bonchev–Trinajstić information content (AvgIpc) is 2.99. The van der Waals surface area contributed by atoms with Crippen LogP contribution in [-0.2, 0) is 0 Å². The molecule has 0 unspecified atom stereocenters. The number of carbonyl (C=O) groups excluding carboxylic acids is 1. The molecule has 3 rings (SSSR count). The second-order valence-corrected chi connectivity index (χ2v) is 4.72. The number of nitrogens with zero attached hydrogens (tertiary/aromatic N) is 1. The fourth-order valence-electron chi connectivity index (χ4n) is 2.02. The van der Waals surface area contributed by atoms with Crippen LogP contribution < -0.4 is 14.9 Å². The van der Waals surface area contributed by atoms with Crippen molar-refractivity contribution < 1.29 is 18.7 Å². The first kappa shape index (κ1) is 14.1. The molecule has 6 heteroatoms. The zero-order valence-electron chi connectivity index (χ0n) is 11.8. The number of amides is 1. The Balaban J connectivity index is 1.73. The molecule has 1 heterocycles. The summed E-state index contributed by atoms with van der Waals surface area (Å²) in [6.45, 7) is 1.95. The van der Waals surface area contributed by atoms with E-state index in [1.54, 1.807) is 19.1 Å². The van der Waals surface area contributed by atoms with E-state index in [2.05, 4.69) is 10.5 Å². The predicted molar refractivity (Wildman–Crippen MR) is 78.6 cm³/mol. The molecule has 112 valence electrons. The molecule has 22 heavy (non-hydrogen) atoms. The van der Waals surface area contributed by atoms with E-state index in [1.165, 1.54) is 18.2 Å². The molecule has 5 nitrogen and oxygen atoms in total. The molecule has 0 radical (unpaired) electrons. The molecular formula is C16H13FN2O3. The second kappa shape index (κ2) is 5.85. The van der Waals surface area contributed by atoms with Gasteiger partial charge in [0, 0.05) is 11.1 Å². The molecule has 1 aliphatic rings. The van der Waals surface area contributed by atoms with Crippen LogP contribution in [0.2, 0.25) is 0 Å². The first-order valence-electron chi connectivity index (χ1n) is 6.64. The first-order valence-corrected chi connectivity index (χ1v) is 6.64. The number of hydrogen-bond donors (Lipinski definition) is 1. The van der Waals surface area contributed by atoms with Crippen molar-refractivity contribution in [1.82, 2.24) is 5.43 Å². The van der Waals surface area contributed by atoms with Gasteiger partial charge in [-0.25, -0.2) is 9.82 Å². The maximum absolute atomic E-state index is 13.1. The van der Waals surface area contributed by atoms with Gasteiger partial charge in [-0.3, -0.25) is 4.79 Å². The summed E-state index contributed by atoms with van der Waals surface area (Å²) in [5, 5.41) is 4.02. The lowest BCUT2D eigenvalue weighted by molar-refractivity contribution is 0.0954. The number of halogens is 1. The molecule has 0 atom stereocenters. The standard InChI is InChI=1S/C16H13FN2O3/c1-10(11-5-6-14-15(8-11)22-9-21-14)18-19-16(20)12-3-2-4-13(17)7-12/h2-8H,9H2,1H3,(H,19,20)/b18-10-. The summed E-state index contributed by atoms with van der Waals surface area (Å²) in [7, 11) is 0. The highest BCUT2D eigenvalue weighted by Crippen LogP contribution is 2.32. The predicted octanol–water partition coefficient (Wildman–Crippen LogP) is 2.71. The lowest BCUT2D eigenvalue weighted by atomic mass is 10.1. The van der Waals surface area contributed by atoms with Crippen LogP contribution in [0.25, 0.3) is 0 Å². The van der Waals surface area contributed by atoms with E-state index in [4.69, 9.17) is 9.47 Å². The zero-order valence-corrected chi connectivity index (χ0v) is 11.8. The van der Waals surface area contributed by atoms with E-state index in [1.807, 2.05) is 6.07 Å². The molecule has 0 fully saturated rings. The molecule has 0 bridgehead atoms. The fourth-order valence-corrected chi connectivity index (χ4v) is 2.02. The highest BCUT2D eigenvalue weighted by Gasteiger charge is 2.14. The second-order valence-electron chi connectivity index (χ2n) is 4.72. The molecule has 1 amide bonds. The molecule has 0 aliphatic carbocycles. The number of nitrogens with one attached hydrogen (secondary N) is 1. The van der Waals surface area contributed by atoms with E-state index >= 15 is 0 Å². The van der Waals surface area contributed by atoms with E-state index in [0.29, 0.717) is 17.2 Å². The number of hydrogen-bond acceptors (Lipinski definition) is 4. The van der Waals surface area contributed by atoms with Crippen LogP contribution >= 0.6 is 0 Å². The SMILES string of the molecule is C/C(=N/NC(=O)c1cccc(F)c1)c1ccc2c(c1)OCO2. The van der Waals surface area contributed by atoms with Crippen LogP contribution in [0.3, 0.4) is 0 Å². The van der Waals surface area contributed by atoms with Gasteiger partial charge in [0.05, 0.1) is 5.71 Å². The maximum Gasteiger partial charge on any atom is 0.271 e. The van der Waals surface area contributed by atoms with Gasteiger partial charge in [0.25, 0.3) is 5.91 Å². The van der Waals surface area contributed by atoms with Crippen molar-refractivity contribution in [2.75, 3.05) is 6.79 Å². The Morgan fingerprint density at radius 3 is 2.77 bits per heavy atom. The third-order valence-corrected chi connectivity index (χ3v) is 3.20. The number of benzene rings is 2. The summed E-state index contributed by atoms with van der Waals surface area (Å²) in [6, 6.07) is 10.8. The van der Waals surface area contributed by atoms with Crippen LogP contribution in [0.5, 0.6) is 11.5 Å². The smallest absolute Gasteiger partial charge is 0.271 e. The van der Waals surface area contributed by atoms with Crippen molar-refractivity contribution in [2.24, 2.45) is 5.10 Å². The van der Waals surface area contributed by atoms with Crippen LogP contribution in [0.1, 0.15) is 22.8 Å². The number of carbonyl (C=O) groups is 1. The molecule has 0 saturated carbocycles. The highest BCUT2D eigenvalue weighted by molar-refractivity contribution is 6.01. The van der Waals surface area contributed by atoms with Gasteiger partial charge in [0.2, 0.25) is 6.79 Å².